The van der Waals surface area contributed by atoms with Crippen LogP contribution >= 0.6 is 0 Å². The van der Waals surface area contributed by atoms with Gasteiger partial charge in [-0.05, 0) is 32.4 Å². The Hall–Kier alpha value is -0.860. The summed E-state index contributed by atoms with van der Waals surface area (Å²) in [4.78, 5) is 2.38. The van der Waals surface area contributed by atoms with Gasteiger partial charge in [0.25, 0.3) is 0 Å². The SMILES string of the molecule is CCC(CC)NCCN(C)Cc1cccc(C)c1. The van der Waals surface area contributed by atoms with Gasteiger partial charge in [-0.25, -0.2) is 0 Å². The van der Waals surface area contributed by atoms with Gasteiger partial charge in [-0.1, -0.05) is 43.7 Å². The topological polar surface area (TPSA) is 15.3 Å². The van der Waals surface area contributed by atoms with Crippen LogP contribution in [0.4, 0.5) is 0 Å². The van der Waals surface area contributed by atoms with Crippen LogP contribution in [0.3, 0.4) is 0 Å². The first-order valence-corrected chi connectivity index (χ1v) is 7.13. The second kappa shape index (κ2) is 8.28. The zero-order valence-electron chi connectivity index (χ0n) is 12.4. The fraction of sp³-hybridized carbons (Fsp3) is 0.625. The molecule has 0 radical (unpaired) electrons. The van der Waals surface area contributed by atoms with Crippen LogP contribution in [-0.4, -0.2) is 31.1 Å². The summed E-state index contributed by atoms with van der Waals surface area (Å²) in [5.41, 5.74) is 2.75. The lowest BCUT2D eigenvalue weighted by atomic mass is 10.1. The second-order valence-corrected chi connectivity index (χ2v) is 5.19. The number of nitrogens with one attached hydrogen (secondary N) is 1. The van der Waals surface area contributed by atoms with Crippen molar-refractivity contribution in [3.63, 3.8) is 0 Å². The predicted molar refractivity (Wildman–Crippen MR) is 79.9 cm³/mol. The van der Waals surface area contributed by atoms with Crippen molar-refractivity contribution >= 4 is 0 Å². The Bertz CT molecular complexity index is 332. The Morgan fingerprint density at radius 3 is 2.56 bits per heavy atom. The fourth-order valence-corrected chi connectivity index (χ4v) is 2.24. The average Bonchev–Trinajstić information content (AvgIpc) is 2.34. The number of likely N-dealkylation sites (N-methyl/N-ethyl adjacent to an activating group) is 1. The van der Waals surface area contributed by atoms with Crippen LogP contribution in [0.15, 0.2) is 24.3 Å². The Balaban J connectivity index is 2.27. The molecule has 2 nitrogen and oxygen atoms in total. The van der Waals surface area contributed by atoms with E-state index >= 15 is 0 Å². The summed E-state index contributed by atoms with van der Waals surface area (Å²) in [7, 11) is 2.19. The lowest BCUT2D eigenvalue weighted by Crippen LogP contribution is -2.35. The minimum absolute atomic E-state index is 0.678. The smallest absolute Gasteiger partial charge is 0.0231 e. The van der Waals surface area contributed by atoms with Crippen LogP contribution < -0.4 is 5.32 Å². The molecule has 0 saturated carbocycles. The van der Waals surface area contributed by atoms with E-state index in [2.05, 4.69) is 62.3 Å². The highest BCUT2D eigenvalue weighted by Crippen LogP contribution is 2.06. The minimum Gasteiger partial charge on any atom is -0.313 e. The highest BCUT2D eigenvalue weighted by Gasteiger charge is 2.03. The van der Waals surface area contributed by atoms with Gasteiger partial charge in [-0.2, -0.15) is 0 Å². The van der Waals surface area contributed by atoms with E-state index in [1.54, 1.807) is 0 Å². The van der Waals surface area contributed by atoms with Crippen LogP contribution in [0.25, 0.3) is 0 Å². The van der Waals surface area contributed by atoms with Gasteiger partial charge in [0.15, 0.2) is 0 Å². The highest BCUT2D eigenvalue weighted by molar-refractivity contribution is 5.21. The molecule has 0 bridgehead atoms. The molecule has 0 aliphatic rings. The third kappa shape index (κ3) is 5.65. The average molecular weight is 248 g/mol. The lowest BCUT2D eigenvalue weighted by molar-refractivity contribution is 0.314. The fourth-order valence-electron chi connectivity index (χ4n) is 2.24. The third-order valence-corrected chi connectivity index (χ3v) is 3.45. The number of nitrogens with zero attached hydrogens (tertiary/aromatic N) is 1. The molecule has 0 saturated heterocycles. The van der Waals surface area contributed by atoms with Gasteiger partial charge in [0.1, 0.15) is 0 Å². The monoisotopic (exact) mass is 248 g/mol. The van der Waals surface area contributed by atoms with Crippen LogP contribution in [0.1, 0.15) is 37.8 Å². The molecule has 0 aliphatic heterocycles. The summed E-state index contributed by atoms with van der Waals surface area (Å²) in [6.45, 7) is 9.86. The lowest BCUT2D eigenvalue weighted by Gasteiger charge is -2.20. The Morgan fingerprint density at radius 1 is 1.22 bits per heavy atom. The summed E-state index contributed by atoms with van der Waals surface area (Å²) in [6, 6.07) is 9.44. The van der Waals surface area contributed by atoms with Crippen molar-refractivity contribution in [2.24, 2.45) is 0 Å². The first-order valence-electron chi connectivity index (χ1n) is 7.13. The number of aryl methyl sites for hydroxylation is 1. The summed E-state index contributed by atoms with van der Waals surface area (Å²) >= 11 is 0. The molecule has 0 aliphatic carbocycles. The Morgan fingerprint density at radius 2 is 1.94 bits per heavy atom. The maximum Gasteiger partial charge on any atom is 0.0231 e. The molecule has 18 heavy (non-hydrogen) atoms. The summed E-state index contributed by atoms with van der Waals surface area (Å²) < 4.78 is 0. The van der Waals surface area contributed by atoms with Gasteiger partial charge in [0.05, 0.1) is 0 Å². The molecular weight excluding hydrogens is 220 g/mol. The molecule has 0 amide bonds. The number of benzene rings is 1. The molecule has 0 fully saturated rings. The molecule has 0 spiro atoms. The largest absolute Gasteiger partial charge is 0.313 e. The van der Waals surface area contributed by atoms with E-state index in [1.165, 1.54) is 24.0 Å². The minimum atomic E-state index is 0.678. The zero-order chi connectivity index (χ0) is 13.4. The van der Waals surface area contributed by atoms with Gasteiger partial charge in [0, 0.05) is 25.7 Å². The maximum atomic E-state index is 3.61. The number of hydrogen-bond acceptors (Lipinski definition) is 2. The van der Waals surface area contributed by atoms with Crippen molar-refractivity contribution in [2.45, 2.75) is 46.2 Å². The van der Waals surface area contributed by atoms with Crippen molar-refractivity contribution in [3.8, 4) is 0 Å². The number of hydrogen-bond donors (Lipinski definition) is 1. The van der Waals surface area contributed by atoms with Crippen LogP contribution in [0.5, 0.6) is 0 Å². The van der Waals surface area contributed by atoms with Gasteiger partial charge < -0.3 is 10.2 Å². The van der Waals surface area contributed by atoms with E-state index < -0.39 is 0 Å². The molecular formula is C16H28N2. The van der Waals surface area contributed by atoms with E-state index in [-0.39, 0.29) is 0 Å². The van der Waals surface area contributed by atoms with E-state index in [4.69, 9.17) is 0 Å². The molecule has 2 heteroatoms. The van der Waals surface area contributed by atoms with Gasteiger partial charge >= 0.3 is 0 Å². The van der Waals surface area contributed by atoms with E-state index in [9.17, 15) is 0 Å². The number of rotatable bonds is 8. The van der Waals surface area contributed by atoms with E-state index in [0.717, 1.165) is 19.6 Å². The van der Waals surface area contributed by atoms with Crippen LogP contribution in [0.2, 0.25) is 0 Å². The zero-order valence-corrected chi connectivity index (χ0v) is 12.4. The quantitative estimate of drug-likeness (QED) is 0.760. The van der Waals surface area contributed by atoms with Crippen molar-refractivity contribution < 1.29 is 0 Å². The first-order chi connectivity index (χ1) is 8.65. The van der Waals surface area contributed by atoms with Crippen molar-refractivity contribution in [1.29, 1.82) is 0 Å². The van der Waals surface area contributed by atoms with Crippen molar-refractivity contribution in [2.75, 3.05) is 20.1 Å². The molecule has 0 heterocycles. The predicted octanol–water partition coefficient (Wildman–Crippen LogP) is 3.21. The first kappa shape index (κ1) is 15.2. The van der Waals surface area contributed by atoms with Crippen LogP contribution in [0, 0.1) is 6.92 Å². The van der Waals surface area contributed by atoms with Gasteiger partial charge in [0.2, 0.25) is 0 Å². The standard InChI is InChI=1S/C16H28N2/c1-5-16(6-2)17-10-11-18(4)13-15-9-7-8-14(3)12-15/h7-9,12,16-17H,5-6,10-11,13H2,1-4H3. The Kier molecular flexibility index (Phi) is 6.99. The molecule has 0 aromatic heterocycles. The van der Waals surface area contributed by atoms with E-state index in [1.807, 2.05) is 0 Å². The van der Waals surface area contributed by atoms with Crippen LogP contribution in [-0.2, 0) is 6.54 Å². The van der Waals surface area contributed by atoms with Gasteiger partial charge in [-0.15, -0.1) is 0 Å². The molecule has 102 valence electrons. The molecule has 1 N–H and O–H groups in total. The van der Waals surface area contributed by atoms with Crippen molar-refractivity contribution in [3.05, 3.63) is 35.4 Å². The molecule has 1 rings (SSSR count). The normalized spacial score (nSPS) is 11.4. The Labute approximate surface area is 112 Å². The highest BCUT2D eigenvalue weighted by atomic mass is 15.1. The molecule has 0 unspecified atom stereocenters. The third-order valence-electron chi connectivity index (χ3n) is 3.45. The molecule has 1 aromatic rings. The maximum absolute atomic E-state index is 3.61. The van der Waals surface area contributed by atoms with E-state index in [0.29, 0.717) is 6.04 Å². The van der Waals surface area contributed by atoms with Gasteiger partial charge in [-0.3, -0.25) is 0 Å². The summed E-state index contributed by atoms with van der Waals surface area (Å²) in [5.74, 6) is 0. The molecule has 0 atom stereocenters. The van der Waals surface area contributed by atoms with Crippen molar-refractivity contribution in [1.82, 2.24) is 10.2 Å². The summed E-state index contributed by atoms with van der Waals surface area (Å²) in [5, 5.41) is 3.61. The molecule has 1 aromatic carbocycles. The second-order valence-electron chi connectivity index (χ2n) is 5.19. The summed E-state index contributed by atoms with van der Waals surface area (Å²) in [6.07, 6.45) is 2.44.